The zero-order valence-electron chi connectivity index (χ0n) is 14.4. The first-order valence-corrected chi connectivity index (χ1v) is 8.93. The molecule has 2 atom stereocenters. The van der Waals surface area contributed by atoms with Gasteiger partial charge in [0.2, 0.25) is 5.95 Å². The van der Waals surface area contributed by atoms with Crippen LogP contribution in [0.3, 0.4) is 0 Å². The second kappa shape index (κ2) is 6.20. The van der Waals surface area contributed by atoms with Gasteiger partial charge in [0.15, 0.2) is 0 Å². The Morgan fingerprint density at radius 2 is 1.44 bits per heavy atom. The van der Waals surface area contributed by atoms with Gasteiger partial charge in [-0.1, -0.05) is 36.4 Å². The highest BCUT2D eigenvalue weighted by molar-refractivity contribution is 5.79. The number of halogens is 2. The van der Waals surface area contributed by atoms with Crippen LogP contribution < -0.4 is 5.32 Å². The lowest BCUT2D eigenvalue weighted by atomic mass is 9.93. The van der Waals surface area contributed by atoms with Gasteiger partial charge in [-0.25, -0.2) is 13.8 Å². The molecule has 3 aromatic carbocycles. The summed E-state index contributed by atoms with van der Waals surface area (Å²) in [6.07, 6.45) is 0.755. The quantitative estimate of drug-likeness (QED) is 0.514. The number of hydrogen-bond acceptors (Lipinski definition) is 2. The van der Waals surface area contributed by atoms with Crippen molar-refractivity contribution in [2.24, 2.45) is 0 Å². The molecule has 0 radical (unpaired) electrons. The van der Waals surface area contributed by atoms with Crippen LogP contribution in [0.15, 0.2) is 72.8 Å². The van der Waals surface area contributed by atoms with E-state index in [0.717, 1.165) is 34.5 Å². The third kappa shape index (κ3) is 2.76. The van der Waals surface area contributed by atoms with Crippen molar-refractivity contribution < 1.29 is 8.78 Å². The van der Waals surface area contributed by atoms with Crippen LogP contribution >= 0.6 is 0 Å². The van der Waals surface area contributed by atoms with E-state index < -0.39 is 0 Å². The molecule has 1 aliphatic rings. The van der Waals surface area contributed by atoms with Gasteiger partial charge in [-0.2, -0.15) is 0 Å². The van der Waals surface area contributed by atoms with Crippen molar-refractivity contribution in [1.82, 2.24) is 9.55 Å². The molecule has 0 aliphatic carbocycles. The minimum Gasteiger partial charge on any atom is -0.349 e. The van der Waals surface area contributed by atoms with Gasteiger partial charge in [0.05, 0.1) is 23.1 Å². The van der Waals surface area contributed by atoms with Crippen LogP contribution in [0.25, 0.3) is 11.0 Å². The summed E-state index contributed by atoms with van der Waals surface area (Å²) in [4.78, 5) is 4.74. The normalized spacial score (nSPS) is 18.9. The number of imidazole rings is 1. The largest absolute Gasteiger partial charge is 0.349 e. The van der Waals surface area contributed by atoms with E-state index in [1.54, 1.807) is 12.1 Å². The molecule has 4 aromatic rings. The Kier molecular flexibility index (Phi) is 3.67. The number of anilines is 1. The molecule has 0 spiro atoms. The SMILES string of the molecule is Fc1ccc(C2CC(c3ccc(F)cc3)n3c(nc4ccccc43)N2)cc1. The maximum absolute atomic E-state index is 13.5. The van der Waals surface area contributed by atoms with Crippen molar-refractivity contribution in [3.63, 3.8) is 0 Å². The third-order valence-electron chi connectivity index (χ3n) is 5.20. The van der Waals surface area contributed by atoms with E-state index in [9.17, 15) is 8.78 Å². The molecule has 5 rings (SSSR count). The number of nitrogens with one attached hydrogen (secondary N) is 1. The van der Waals surface area contributed by atoms with E-state index in [0.29, 0.717) is 0 Å². The summed E-state index contributed by atoms with van der Waals surface area (Å²) in [6, 6.07) is 21.1. The molecular formula is C22H17F2N3. The summed E-state index contributed by atoms with van der Waals surface area (Å²) < 4.78 is 29.0. The molecule has 1 aliphatic heterocycles. The van der Waals surface area contributed by atoms with Crippen LogP contribution in [0.1, 0.15) is 29.6 Å². The number of benzene rings is 3. The van der Waals surface area contributed by atoms with E-state index in [1.165, 1.54) is 24.3 Å². The highest BCUT2D eigenvalue weighted by Gasteiger charge is 2.30. The molecule has 27 heavy (non-hydrogen) atoms. The molecule has 0 bridgehead atoms. The fourth-order valence-electron chi connectivity index (χ4n) is 3.89. The molecule has 2 heterocycles. The van der Waals surface area contributed by atoms with E-state index in [-0.39, 0.29) is 23.7 Å². The first kappa shape index (κ1) is 16.0. The van der Waals surface area contributed by atoms with Crippen LogP contribution in [0, 0.1) is 11.6 Å². The van der Waals surface area contributed by atoms with Crippen molar-refractivity contribution in [2.45, 2.75) is 18.5 Å². The Labute approximate surface area is 155 Å². The standard InChI is InChI=1S/C22H17F2N3/c23-16-9-5-14(6-10-16)19-13-21(15-7-11-17(24)12-8-15)27-20-4-2-1-3-18(20)25-22(27)26-19/h1-12,19,21H,13H2,(H,25,26). The molecular weight excluding hydrogens is 344 g/mol. The average Bonchev–Trinajstić information content (AvgIpc) is 3.07. The monoisotopic (exact) mass is 361 g/mol. The van der Waals surface area contributed by atoms with Gasteiger partial charge in [-0.05, 0) is 53.9 Å². The summed E-state index contributed by atoms with van der Waals surface area (Å²) in [5.74, 6) is 0.265. The lowest BCUT2D eigenvalue weighted by Crippen LogP contribution is -2.27. The van der Waals surface area contributed by atoms with Crippen LogP contribution in [-0.4, -0.2) is 9.55 Å². The number of aromatic nitrogens is 2. The van der Waals surface area contributed by atoms with Crippen molar-refractivity contribution in [3.8, 4) is 0 Å². The van der Waals surface area contributed by atoms with Crippen LogP contribution in [0.2, 0.25) is 0 Å². The predicted molar refractivity (Wildman–Crippen MR) is 102 cm³/mol. The smallest absolute Gasteiger partial charge is 0.204 e. The van der Waals surface area contributed by atoms with E-state index >= 15 is 0 Å². The van der Waals surface area contributed by atoms with Crippen LogP contribution in [0.4, 0.5) is 14.7 Å². The van der Waals surface area contributed by atoms with Crippen molar-refractivity contribution in [1.29, 1.82) is 0 Å². The van der Waals surface area contributed by atoms with Gasteiger partial charge in [0, 0.05) is 0 Å². The van der Waals surface area contributed by atoms with Gasteiger partial charge in [-0.3, -0.25) is 0 Å². The van der Waals surface area contributed by atoms with E-state index in [2.05, 4.69) is 9.88 Å². The Morgan fingerprint density at radius 3 is 2.15 bits per heavy atom. The number of fused-ring (bicyclic) bond motifs is 3. The highest BCUT2D eigenvalue weighted by atomic mass is 19.1. The summed E-state index contributed by atoms with van der Waals surface area (Å²) in [5, 5.41) is 3.49. The van der Waals surface area contributed by atoms with Gasteiger partial charge >= 0.3 is 0 Å². The first-order chi connectivity index (χ1) is 13.2. The maximum Gasteiger partial charge on any atom is 0.204 e. The molecule has 2 unspecified atom stereocenters. The molecule has 134 valence electrons. The van der Waals surface area contributed by atoms with Gasteiger partial charge < -0.3 is 9.88 Å². The lowest BCUT2D eigenvalue weighted by Gasteiger charge is -2.33. The Hall–Kier alpha value is -3.21. The Morgan fingerprint density at radius 1 is 0.815 bits per heavy atom. The van der Waals surface area contributed by atoms with Gasteiger partial charge in [-0.15, -0.1) is 0 Å². The molecule has 0 saturated carbocycles. The lowest BCUT2D eigenvalue weighted by molar-refractivity contribution is 0.476. The molecule has 1 aromatic heterocycles. The summed E-state index contributed by atoms with van der Waals surface area (Å²) in [7, 11) is 0. The molecule has 0 saturated heterocycles. The van der Waals surface area contributed by atoms with Crippen LogP contribution in [-0.2, 0) is 0 Å². The van der Waals surface area contributed by atoms with Crippen LogP contribution in [0.5, 0.6) is 0 Å². The summed E-state index contributed by atoms with van der Waals surface area (Å²) in [6.45, 7) is 0. The first-order valence-electron chi connectivity index (χ1n) is 8.93. The third-order valence-corrected chi connectivity index (χ3v) is 5.20. The summed E-state index contributed by atoms with van der Waals surface area (Å²) >= 11 is 0. The Balaban J connectivity index is 1.65. The van der Waals surface area contributed by atoms with Crippen molar-refractivity contribution >= 4 is 17.0 Å². The molecule has 5 heteroatoms. The summed E-state index contributed by atoms with van der Waals surface area (Å²) in [5.41, 5.74) is 3.97. The Bertz CT molecular complexity index is 1100. The molecule has 3 nitrogen and oxygen atoms in total. The topological polar surface area (TPSA) is 29.9 Å². The average molecular weight is 361 g/mol. The second-order valence-electron chi connectivity index (χ2n) is 6.85. The molecule has 0 fully saturated rings. The van der Waals surface area contributed by atoms with Gasteiger partial charge in [0.1, 0.15) is 11.6 Å². The second-order valence-corrected chi connectivity index (χ2v) is 6.85. The zero-order valence-corrected chi connectivity index (χ0v) is 14.4. The van der Waals surface area contributed by atoms with E-state index in [4.69, 9.17) is 4.98 Å². The zero-order chi connectivity index (χ0) is 18.4. The van der Waals surface area contributed by atoms with E-state index in [1.807, 2.05) is 36.4 Å². The number of para-hydroxylation sites is 2. The molecule has 1 N–H and O–H groups in total. The highest BCUT2D eigenvalue weighted by Crippen LogP contribution is 2.41. The fourth-order valence-corrected chi connectivity index (χ4v) is 3.89. The molecule has 0 amide bonds. The predicted octanol–water partition coefficient (Wildman–Crippen LogP) is 5.46. The minimum atomic E-state index is -0.253. The van der Waals surface area contributed by atoms with Gasteiger partial charge in [0.25, 0.3) is 0 Å². The fraction of sp³-hybridized carbons (Fsp3) is 0.136. The van der Waals surface area contributed by atoms with Crippen molar-refractivity contribution in [2.75, 3.05) is 5.32 Å². The number of nitrogens with zero attached hydrogens (tertiary/aromatic N) is 2. The number of rotatable bonds is 2. The number of hydrogen-bond donors (Lipinski definition) is 1. The maximum atomic E-state index is 13.5. The minimum absolute atomic E-state index is 0.00398. The van der Waals surface area contributed by atoms with Crippen molar-refractivity contribution in [3.05, 3.63) is 95.6 Å².